The summed E-state index contributed by atoms with van der Waals surface area (Å²) < 4.78 is 0. The van der Waals surface area contributed by atoms with E-state index >= 15 is 0 Å². The van der Waals surface area contributed by atoms with Crippen LogP contribution in [0.1, 0.15) is 11.1 Å². The molecule has 0 unspecified atom stereocenters. The van der Waals surface area contributed by atoms with Gasteiger partial charge >= 0.3 is 0 Å². The molecule has 18 heavy (non-hydrogen) atoms. The van der Waals surface area contributed by atoms with Crippen LogP contribution in [0.4, 0.5) is 5.69 Å². The molecule has 2 aromatic carbocycles. The van der Waals surface area contributed by atoms with Gasteiger partial charge in [-0.25, -0.2) is 10.8 Å². The number of aryl methyl sites for hydroxylation is 1. The van der Waals surface area contributed by atoms with Crippen LogP contribution in [0.15, 0.2) is 53.5 Å². The minimum Gasteiger partial charge on any atom is -0.308 e. The van der Waals surface area contributed by atoms with Crippen molar-refractivity contribution in [2.75, 3.05) is 0 Å². The zero-order chi connectivity index (χ0) is 13.0. The number of hydrogen-bond acceptors (Lipinski definition) is 2. The van der Waals surface area contributed by atoms with E-state index in [1.807, 2.05) is 55.5 Å². The van der Waals surface area contributed by atoms with Gasteiger partial charge in [-0.2, -0.15) is 0 Å². The first-order valence-corrected chi connectivity index (χ1v) is 5.95. The summed E-state index contributed by atoms with van der Waals surface area (Å²) in [4.78, 5) is 4.47. The lowest BCUT2D eigenvalue weighted by Crippen LogP contribution is -2.31. The van der Waals surface area contributed by atoms with Gasteiger partial charge < -0.3 is 5.43 Å². The van der Waals surface area contributed by atoms with Crippen LogP contribution in [0.3, 0.4) is 0 Å². The molecule has 92 valence electrons. The van der Waals surface area contributed by atoms with E-state index < -0.39 is 0 Å². The number of amidine groups is 1. The predicted molar refractivity (Wildman–Crippen MR) is 76.2 cm³/mol. The molecule has 0 radical (unpaired) electrons. The smallest absolute Gasteiger partial charge is 0.148 e. The lowest BCUT2D eigenvalue weighted by atomic mass is 10.1. The summed E-state index contributed by atoms with van der Waals surface area (Å²) in [6, 6.07) is 15.3. The molecule has 0 saturated heterocycles. The third-order valence-electron chi connectivity index (χ3n) is 2.59. The molecule has 0 bridgehead atoms. The monoisotopic (exact) mass is 259 g/mol. The molecule has 0 spiro atoms. The second-order valence-electron chi connectivity index (χ2n) is 3.90. The molecule has 4 heteroatoms. The molecule has 0 fully saturated rings. The SMILES string of the molecule is Cc1ccc(Cl)cc1C(=Nc1ccccc1)NN. The van der Waals surface area contributed by atoms with Crippen molar-refractivity contribution < 1.29 is 0 Å². The van der Waals surface area contributed by atoms with Gasteiger partial charge in [-0.1, -0.05) is 35.9 Å². The summed E-state index contributed by atoms with van der Waals surface area (Å²) in [6.07, 6.45) is 0. The Morgan fingerprint density at radius 2 is 1.89 bits per heavy atom. The van der Waals surface area contributed by atoms with Gasteiger partial charge in [0.1, 0.15) is 5.84 Å². The summed E-state index contributed by atoms with van der Waals surface area (Å²) in [6.45, 7) is 1.99. The fourth-order valence-corrected chi connectivity index (χ4v) is 1.82. The van der Waals surface area contributed by atoms with Crippen molar-refractivity contribution >= 4 is 23.1 Å². The van der Waals surface area contributed by atoms with Crippen molar-refractivity contribution in [3.63, 3.8) is 0 Å². The summed E-state index contributed by atoms with van der Waals surface area (Å²) in [7, 11) is 0. The molecule has 0 aliphatic heterocycles. The largest absolute Gasteiger partial charge is 0.308 e. The Morgan fingerprint density at radius 3 is 2.56 bits per heavy atom. The number of para-hydroxylation sites is 1. The van der Waals surface area contributed by atoms with Gasteiger partial charge in [-0.15, -0.1) is 0 Å². The average molecular weight is 260 g/mol. The topological polar surface area (TPSA) is 50.4 Å². The van der Waals surface area contributed by atoms with E-state index in [1.54, 1.807) is 0 Å². The van der Waals surface area contributed by atoms with E-state index in [2.05, 4.69) is 10.4 Å². The van der Waals surface area contributed by atoms with Crippen molar-refractivity contribution in [2.45, 2.75) is 6.92 Å². The van der Waals surface area contributed by atoms with Gasteiger partial charge in [-0.05, 0) is 36.8 Å². The molecule has 0 saturated carbocycles. The molecule has 3 nitrogen and oxygen atoms in total. The van der Waals surface area contributed by atoms with Crippen LogP contribution >= 0.6 is 11.6 Å². The highest BCUT2D eigenvalue weighted by Crippen LogP contribution is 2.18. The second kappa shape index (κ2) is 5.67. The van der Waals surface area contributed by atoms with E-state index in [9.17, 15) is 0 Å². The Bertz CT molecular complexity index is 565. The number of aliphatic imine (C=N–C) groups is 1. The number of hydrogen-bond donors (Lipinski definition) is 2. The standard InChI is InChI=1S/C14H14ClN3/c1-10-7-8-11(15)9-13(10)14(18-16)17-12-5-3-2-4-6-12/h2-9H,16H2,1H3,(H,17,18). The highest BCUT2D eigenvalue weighted by molar-refractivity contribution is 6.31. The van der Waals surface area contributed by atoms with E-state index in [0.717, 1.165) is 16.8 Å². The van der Waals surface area contributed by atoms with Crippen molar-refractivity contribution in [1.82, 2.24) is 5.43 Å². The first-order valence-electron chi connectivity index (χ1n) is 5.57. The third-order valence-corrected chi connectivity index (χ3v) is 2.82. The van der Waals surface area contributed by atoms with Crippen LogP contribution in [0.5, 0.6) is 0 Å². The quantitative estimate of drug-likeness (QED) is 0.377. The lowest BCUT2D eigenvalue weighted by molar-refractivity contribution is 1.02. The van der Waals surface area contributed by atoms with Crippen LogP contribution in [0.2, 0.25) is 5.02 Å². The number of halogens is 1. The van der Waals surface area contributed by atoms with E-state index in [4.69, 9.17) is 17.4 Å². The summed E-state index contributed by atoms with van der Waals surface area (Å²) in [5.41, 5.74) is 5.42. The highest BCUT2D eigenvalue weighted by Gasteiger charge is 2.06. The predicted octanol–water partition coefficient (Wildman–Crippen LogP) is 3.19. The maximum Gasteiger partial charge on any atom is 0.148 e. The van der Waals surface area contributed by atoms with Crippen molar-refractivity contribution in [3.8, 4) is 0 Å². The van der Waals surface area contributed by atoms with Crippen LogP contribution in [-0.4, -0.2) is 5.84 Å². The molecule has 0 aliphatic rings. The molecule has 3 N–H and O–H groups in total. The minimum atomic E-state index is 0.598. The summed E-state index contributed by atoms with van der Waals surface area (Å²) >= 11 is 6.00. The Morgan fingerprint density at radius 1 is 1.17 bits per heavy atom. The zero-order valence-electron chi connectivity index (χ0n) is 10.0. The Kier molecular flexibility index (Phi) is 3.97. The molecule has 2 aromatic rings. The van der Waals surface area contributed by atoms with Crippen LogP contribution < -0.4 is 11.3 Å². The van der Waals surface area contributed by atoms with Crippen molar-refractivity contribution in [2.24, 2.45) is 10.8 Å². The Hall–Kier alpha value is -1.84. The number of benzene rings is 2. The van der Waals surface area contributed by atoms with Gasteiger partial charge in [0.2, 0.25) is 0 Å². The van der Waals surface area contributed by atoms with E-state index in [-0.39, 0.29) is 0 Å². The Balaban J connectivity index is 2.45. The van der Waals surface area contributed by atoms with Gasteiger partial charge in [-0.3, -0.25) is 0 Å². The molecule has 0 atom stereocenters. The second-order valence-corrected chi connectivity index (χ2v) is 4.34. The number of nitrogens with zero attached hydrogens (tertiary/aromatic N) is 1. The average Bonchev–Trinajstić information content (AvgIpc) is 2.40. The Labute approximate surface area is 111 Å². The fraction of sp³-hybridized carbons (Fsp3) is 0.0714. The van der Waals surface area contributed by atoms with Gasteiger partial charge in [0, 0.05) is 10.6 Å². The van der Waals surface area contributed by atoms with Crippen LogP contribution in [0.25, 0.3) is 0 Å². The zero-order valence-corrected chi connectivity index (χ0v) is 10.8. The van der Waals surface area contributed by atoms with Gasteiger partial charge in [0.15, 0.2) is 0 Å². The van der Waals surface area contributed by atoms with Crippen LogP contribution in [0, 0.1) is 6.92 Å². The fourth-order valence-electron chi connectivity index (χ4n) is 1.65. The molecule has 0 heterocycles. The summed E-state index contributed by atoms with van der Waals surface area (Å²) in [5.74, 6) is 6.15. The minimum absolute atomic E-state index is 0.598. The molecule has 0 aliphatic carbocycles. The van der Waals surface area contributed by atoms with Gasteiger partial charge in [0.25, 0.3) is 0 Å². The van der Waals surface area contributed by atoms with Crippen molar-refractivity contribution in [3.05, 3.63) is 64.7 Å². The first-order chi connectivity index (χ1) is 8.70. The molecule has 0 aromatic heterocycles. The van der Waals surface area contributed by atoms with E-state index in [1.165, 1.54) is 0 Å². The number of nitrogens with one attached hydrogen (secondary N) is 1. The lowest BCUT2D eigenvalue weighted by Gasteiger charge is -2.09. The summed E-state index contributed by atoms with van der Waals surface area (Å²) in [5, 5.41) is 0.659. The maximum atomic E-state index is 6.00. The molecular weight excluding hydrogens is 246 g/mol. The molecule has 0 amide bonds. The van der Waals surface area contributed by atoms with E-state index in [0.29, 0.717) is 10.9 Å². The van der Waals surface area contributed by atoms with Crippen LogP contribution in [-0.2, 0) is 0 Å². The number of rotatable bonds is 2. The highest BCUT2D eigenvalue weighted by atomic mass is 35.5. The number of nitrogens with two attached hydrogens (primary N) is 1. The van der Waals surface area contributed by atoms with Gasteiger partial charge in [0.05, 0.1) is 5.69 Å². The molecular formula is C14H14ClN3. The number of hydrazine groups is 1. The first kappa shape index (κ1) is 12.6. The normalized spacial score (nSPS) is 11.4. The van der Waals surface area contributed by atoms with Crippen molar-refractivity contribution in [1.29, 1.82) is 0 Å². The maximum absolute atomic E-state index is 6.00. The molecule has 2 rings (SSSR count). The third kappa shape index (κ3) is 2.88.